The fourth-order valence-corrected chi connectivity index (χ4v) is 5.54. The van der Waals surface area contributed by atoms with Gasteiger partial charge in [0, 0.05) is 30.3 Å². The maximum atomic E-state index is 13.3. The molecule has 39 heavy (non-hydrogen) atoms. The van der Waals surface area contributed by atoms with Gasteiger partial charge in [0.2, 0.25) is 11.4 Å². The van der Waals surface area contributed by atoms with Gasteiger partial charge in [0.05, 0.1) is 12.5 Å². The average molecular weight is 527 g/mol. The van der Waals surface area contributed by atoms with Crippen molar-refractivity contribution >= 4 is 28.6 Å². The first kappa shape index (κ1) is 25.2. The Morgan fingerprint density at radius 1 is 1.15 bits per heavy atom. The summed E-state index contributed by atoms with van der Waals surface area (Å²) in [5.74, 6) is -0.356. The number of carbonyl (C=O) groups excluding carboxylic acids is 1. The molecule has 4 aromatic rings. The Kier molecular flexibility index (Phi) is 6.59. The Bertz CT molecular complexity index is 1630. The largest absolute Gasteiger partial charge is 0.384 e. The molecule has 1 aliphatic heterocycles. The zero-order valence-electron chi connectivity index (χ0n) is 21.7. The molecule has 1 aliphatic carbocycles. The highest BCUT2D eigenvalue weighted by Gasteiger charge is 2.31. The van der Waals surface area contributed by atoms with Gasteiger partial charge in [-0.2, -0.15) is 4.98 Å². The molecule has 0 bridgehead atoms. The lowest BCUT2D eigenvalue weighted by molar-refractivity contribution is 0.0123. The quantitative estimate of drug-likeness (QED) is 0.282. The van der Waals surface area contributed by atoms with Gasteiger partial charge in [-0.3, -0.25) is 14.4 Å². The molecular weight excluding hydrogens is 496 g/mol. The van der Waals surface area contributed by atoms with Crippen LogP contribution in [0.3, 0.4) is 0 Å². The van der Waals surface area contributed by atoms with Crippen molar-refractivity contribution in [3.8, 4) is 5.69 Å². The van der Waals surface area contributed by atoms with Crippen molar-refractivity contribution in [1.29, 1.82) is 0 Å². The number of anilines is 2. The van der Waals surface area contributed by atoms with Crippen LogP contribution in [-0.4, -0.2) is 45.7 Å². The highest BCUT2D eigenvalue weighted by atomic mass is 16.6. The van der Waals surface area contributed by atoms with Crippen LogP contribution >= 0.6 is 0 Å². The number of carbonyl (C=O) groups is 1. The number of nitrogens with zero attached hydrogens (tertiary/aromatic N) is 3. The molecule has 1 saturated heterocycles. The Morgan fingerprint density at radius 3 is 2.85 bits per heavy atom. The maximum Gasteiger partial charge on any atom is 0.280 e. The van der Waals surface area contributed by atoms with Crippen molar-refractivity contribution in [3.63, 3.8) is 0 Å². The lowest BCUT2D eigenvalue weighted by Gasteiger charge is -2.33. The van der Waals surface area contributed by atoms with Crippen LogP contribution in [0.1, 0.15) is 46.3 Å². The number of nitrogens with one attached hydrogen (secondary N) is 3. The number of β-amino-alcohol motifs (C(OH)–C–C–N with tert-alkyl or cyclic N) is 1. The van der Waals surface area contributed by atoms with Crippen LogP contribution in [0.2, 0.25) is 0 Å². The van der Waals surface area contributed by atoms with Crippen molar-refractivity contribution in [2.24, 2.45) is 0 Å². The number of piperidine rings is 1. The highest BCUT2D eigenvalue weighted by Crippen LogP contribution is 2.31. The first-order valence-corrected chi connectivity index (χ1v) is 13.1. The monoisotopic (exact) mass is 526 g/mol. The summed E-state index contributed by atoms with van der Waals surface area (Å²) in [5.41, 5.74) is 6.00. The number of hydrogen-bond donors (Lipinski definition) is 4. The molecule has 1 atom stereocenters. The fraction of sp³-hybridized carbons (Fsp3) is 0.310. The van der Waals surface area contributed by atoms with Gasteiger partial charge in [-0.25, -0.2) is 10.5 Å². The topological polar surface area (TPSA) is 130 Å². The number of hydroxylamine groups is 1. The Balaban J connectivity index is 1.43. The van der Waals surface area contributed by atoms with E-state index < -0.39 is 16.9 Å². The van der Waals surface area contributed by atoms with E-state index in [1.54, 1.807) is 4.57 Å². The van der Waals surface area contributed by atoms with E-state index in [-0.39, 0.29) is 16.9 Å². The van der Waals surface area contributed by atoms with Crippen LogP contribution in [0.15, 0.2) is 59.7 Å². The molecule has 0 spiro atoms. The normalized spacial score (nSPS) is 18.6. The number of aryl methyl sites for hydroxylation is 2. The first-order valence-electron chi connectivity index (χ1n) is 13.1. The molecule has 200 valence electrons. The van der Waals surface area contributed by atoms with E-state index in [1.807, 2.05) is 30.3 Å². The standard InChI is InChI=1S/C29H30N6O4/c1-39-34-27(37)24-16-35(22-10-9-18-5-2-6-19(18)13-22)26-23(25(24)36)15-31-28(33-26)32-21-8-3-7-20(14-21)29(38)11-4-12-30-17-29/h3,7-10,13-16,30,38H,2,4-6,11-12,17H2,1H3,(H,34,37)(H,31,32,33). The number of amides is 1. The molecule has 1 amide bonds. The zero-order chi connectivity index (χ0) is 27.0. The molecule has 2 aromatic carbocycles. The van der Waals surface area contributed by atoms with Gasteiger partial charge in [-0.1, -0.05) is 18.2 Å². The molecule has 0 radical (unpaired) electrons. The number of aromatic nitrogens is 3. The molecule has 10 nitrogen and oxygen atoms in total. The number of aliphatic hydroxyl groups is 1. The van der Waals surface area contributed by atoms with E-state index in [1.165, 1.54) is 30.6 Å². The van der Waals surface area contributed by atoms with Crippen molar-refractivity contribution < 1.29 is 14.7 Å². The molecule has 6 rings (SSSR count). The second-order valence-corrected chi connectivity index (χ2v) is 10.1. The Labute approximate surface area is 225 Å². The molecule has 4 N–H and O–H groups in total. The predicted molar refractivity (Wildman–Crippen MR) is 147 cm³/mol. The third-order valence-corrected chi connectivity index (χ3v) is 7.56. The van der Waals surface area contributed by atoms with Crippen LogP contribution in [-0.2, 0) is 23.3 Å². The SMILES string of the molecule is CONC(=O)c1cn(-c2ccc3c(c2)CCC3)c2nc(Nc3cccc(C4(O)CCCNC4)c3)ncc2c1=O. The number of hydrogen-bond acceptors (Lipinski definition) is 8. The van der Waals surface area contributed by atoms with Crippen LogP contribution in [0.4, 0.5) is 11.6 Å². The Morgan fingerprint density at radius 2 is 2.03 bits per heavy atom. The number of benzene rings is 2. The molecule has 3 heterocycles. The third-order valence-electron chi connectivity index (χ3n) is 7.56. The van der Waals surface area contributed by atoms with Gasteiger partial charge in [0.15, 0.2) is 5.65 Å². The lowest BCUT2D eigenvalue weighted by atomic mass is 9.86. The molecular formula is C29H30N6O4. The minimum absolute atomic E-state index is 0.0730. The van der Waals surface area contributed by atoms with Gasteiger partial charge in [0.1, 0.15) is 11.2 Å². The molecule has 10 heteroatoms. The molecule has 2 aromatic heterocycles. The number of rotatable bonds is 6. The van der Waals surface area contributed by atoms with Gasteiger partial charge in [-0.15, -0.1) is 0 Å². The fourth-order valence-electron chi connectivity index (χ4n) is 5.54. The number of fused-ring (bicyclic) bond motifs is 2. The number of pyridine rings is 1. The minimum Gasteiger partial charge on any atom is -0.384 e. The summed E-state index contributed by atoms with van der Waals surface area (Å²) in [6, 6.07) is 13.7. The summed E-state index contributed by atoms with van der Waals surface area (Å²) in [7, 11) is 1.32. The van der Waals surface area contributed by atoms with Crippen LogP contribution in [0.5, 0.6) is 0 Å². The zero-order valence-corrected chi connectivity index (χ0v) is 21.7. The first-order chi connectivity index (χ1) is 18.9. The van der Waals surface area contributed by atoms with Crippen molar-refractivity contribution in [2.75, 3.05) is 25.5 Å². The predicted octanol–water partition coefficient (Wildman–Crippen LogP) is 2.88. The van der Waals surface area contributed by atoms with Gasteiger partial charge >= 0.3 is 0 Å². The summed E-state index contributed by atoms with van der Waals surface area (Å²) in [4.78, 5) is 39.8. The van der Waals surface area contributed by atoms with E-state index in [0.717, 1.165) is 43.5 Å². The van der Waals surface area contributed by atoms with Gasteiger partial charge in [-0.05, 0) is 79.6 Å². The molecule has 1 fully saturated rings. The van der Waals surface area contributed by atoms with Crippen LogP contribution in [0, 0.1) is 0 Å². The van der Waals surface area contributed by atoms with Crippen molar-refractivity contribution in [3.05, 3.63) is 87.3 Å². The summed E-state index contributed by atoms with van der Waals surface area (Å²) in [6.45, 7) is 1.39. The van der Waals surface area contributed by atoms with Gasteiger partial charge in [0.25, 0.3) is 5.91 Å². The van der Waals surface area contributed by atoms with Crippen LogP contribution < -0.4 is 21.5 Å². The van der Waals surface area contributed by atoms with Crippen molar-refractivity contribution in [1.82, 2.24) is 25.3 Å². The smallest absolute Gasteiger partial charge is 0.280 e. The minimum atomic E-state index is -0.937. The highest BCUT2D eigenvalue weighted by molar-refractivity contribution is 5.96. The van der Waals surface area contributed by atoms with Crippen LogP contribution in [0.25, 0.3) is 16.7 Å². The summed E-state index contributed by atoms with van der Waals surface area (Å²) in [5, 5.41) is 17.8. The molecule has 1 unspecified atom stereocenters. The van der Waals surface area contributed by atoms with E-state index in [9.17, 15) is 14.7 Å². The van der Waals surface area contributed by atoms with E-state index in [2.05, 4.69) is 33.2 Å². The second-order valence-electron chi connectivity index (χ2n) is 10.1. The van der Waals surface area contributed by atoms with Gasteiger partial charge < -0.3 is 20.3 Å². The van der Waals surface area contributed by atoms with E-state index in [4.69, 9.17) is 9.82 Å². The average Bonchev–Trinajstić information content (AvgIpc) is 3.42. The molecule has 0 saturated carbocycles. The summed E-state index contributed by atoms with van der Waals surface area (Å²) in [6.07, 6.45) is 7.64. The summed E-state index contributed by atoms with van der Waals surface area (Å²) < 4.78 is 1.75. The summed E-state index contributed by atoms with van der Waals surface area (Å²) >= 11 is 0. The maximum absolute atomic E-state index is 13.3. The van der Waals surface area contributed by atoms with E-state index in [0.29, 0.717) is 24.3 Å². The molecule has 2 aliphatic rings. The lowest BCUT2D eigenvalue weighted by Crippen LogP contribution is -2.43. The van der Waals surface area contributed by atoms with E-state index >= 15 is 0 Å². The third kappa shape index (κ3) is 4.78. The second kappa shape index (κ2) is 10.2. The van der Waals surface area contributed by atoms with Crippen molar-refractivity contribution in [2.45, 2.75) is 37.7 Å². The Hall–Kier alpha value is -4.12.